The van der Waals surface area contributed by atoms with Gasteiger partial charge < -0.3 is 9.64 Å². The van der Waals surface area contributed by atoms with Gasteiger partial charge in [0.1, 0.15) is 5.82 Å². The molecular weight excluding hydrogens is 409 g/mol. The number of rotatable bonds is 12. The monoisotopic (exact) mass is 459 g/mol. The van der Waals surface area contributed by atoms with Gasteiger partial charge in [0.05, 0.1) is 6.10 Å². The maximum Gasteiger partial charge on any atom is 0.123 e. The van der Waals surface area contributed by atoms with Crippen LogP contribution in [0.3, 0.4) is 0 Å². The van der Waals surface area contributed by atoms with Gasteiger partial charge in [0.15, 0.2) is 0 Å². The molecule has 188 valence electrons. The molecule has 2 fully saturated rings. The van der Waals surface area contributed by atoms with Gasteiger partial charge in [0.25, 0.3) is 0 Å². The average Bonchev–Trinajstić information content (AvgIpc) is 3.31. The minimum Gasteiger partial charge on any atom is -0.381 e. The smallest absolute Gasteiger partial charge is 0.123 e. The Morgan fingerprint density at radius 2 is 1.85 bits per heavy atom. The predicted molar refractivity (Wildman–Crippen MR) is 138 cm³/mol. The molecule has 0 amide bonds. The van der Waals surface area contributed by atoms with Crippen LogP contribution < -0.4 is 0 Å². The van der Waals surface area contributed by atoms with E-state index in [0.29, 0.717) is 17.9 Å². The van der Waals surface area contributed by atoms with E-state index in [2.05, 4.69) is 38.7 Å². The molecule has 0 aromatic heterocycles. The minimum atomic E-state index is -0.0896. The van der Waals surface area contributed by atoms with Crippen LogP contribution in [-0.4, -0.2) is 37.7 Å². The molecule has 2 aliphatic rings. The van der Waals surface area contributed by atoms with E-state index in [1.807, 2.05) is 19.2 Å². The first-order chi connectivity index (χ1) is 16.0. The van der Waals surface area contributed by atoms with Crippen molar-refractivity contribution in [2.45, 2.75) is 103 Å². The van der Waals surface area contributed by atoms with Gasteiger partial charge in [0.2, 0.25) is 0 Å². The highest BCUT2D eigenvalue weighted by molar-refractivity contribution is 5.30. The van der Waals surface area contributed by atoms with Crippen molar-refractivity contribution in [3.8, 4) is 0 Å². The molecule has 5 atom stereocenters. The van der Waals surface area contributed by atoms with Crippen LogP contribution >= 0.6 is 0 Å². The lowest BCUT2D eigenvalue weighted by molar-refractivity contribution is -0.00573. The molecule has 3 rings (SSSR count). The van der Waals surface area contributed by atoms with Gasteiger partial charge in [0, 0.05) is 19.1 Å². The van der Waals surface area contributed by atoms with Crippen molar-refractivity contribution in [3.05, 3.63) is 35.6 Å². The maximum absolute atomic E-state index is 14.5. The Morgan fingerprint density at radius 1 is 1.09 bits per heavy atom. The molecule has 1 aromatic carbocycles. The van der Waals surface area contributed by atoms with Gasteiger partial charge >= 0.3 is 0 Å². The molecule has 0 N–H and O–H groups in total. The van der Waals surface area contributed by atoms with Gasteiger partial charge in [-0.15, -0.1) is 0 Å². The molecule has 1 aliphatic heterocycles. The summed E-state index contributed by atoms with van der Waals surface area (Å²) >= 11 is 0. The van der Waals surface area contributed by atoms with E-state index in [9.17, 15) is 4.39 Å². The van der Waals surface area contributed by atoms with Crippen LogP contribution in [0.25, 0.3) is 0 Å². The third kappa shape index (κ3) is 6.20. The number of benzene rings is 1. The Labute approximate surface area is 203 Å². The van der Waals surface area contributed by atoms with Gasteiger partial charge in [-0.3, -0.25) is 0 Å². The first-order valence-electron chi connectivity index (χ1n) is 14.0. The van der Waals surface area contributed by atoms with Crippen molar-refractivity contribution in [1.82, 2.24) is 4.90 Å². The second kappa shape index (κ2) is 12.7. The van der Waals surface area contributed by atoms with Gasteiger partial charge in [-0.1, -0.05) is 65.5 Å². The SMILES string of the molecule is CCC[C@@](c1cccc(F)c1)(C1CCN(CC(CC)CC(C)CC)CC1)[C@H]1CCCC1OC. The highest BCUT2D eigenvalue weighted by Gasteiger charge is 2.51. The van der Waals surface area contributed by atoms with Crippen molar-refractivity contribution in [3.63, 3.8) is 0 Å². The number of piperidine rings is 1. The molecule has 0 spiro atoms. The number of likely N-dealkylation sites (tertiary alicyclic amines) is 1. The van der Waals surface area contributed by atoms with Crippen LogP contribution in [0.2, 0.25) is 0 Å². The number of methoxy groups -OCH3 is 1. The second-order valence-electron chi connectivity index (χ2n) is 11.2. The largest absolute Gasteiger partial charge is 0.381 e. The molecule has 1 aliphatic carbocycles. The maximum atomic E-state index is 14.5. The van der Waals surface area contributed by atoms with Crippen molar-refractivity contribution in [2.24, 2.45) is 23.7 Å². The van der Waals surface area contributed by atoms with E-state index < -0.39 is 0 Å². The summed E-state index contributed by atoms with van der Waals surface area (Å²) in [6, 6.07) is 7.61. The zero-order valence-corrected chi connectivity index (χ0v) is 22.1. The highest BCUT2D eigenvalue weighted by Crippen LogP contribution is 2.53. The Balaban J connectivity index is 1.82. The summed E-state index contributed by atoms with van der Waals surface area (Å²) in [5.41, 5.74) is 1.26. The normalized spacial score (nSPS) is 26.2. The van der Waals surface area contributed by atoms with Crippen LogP contribution in [0.15, 0.2) is 24.3 Å². The van der Waals surface area contributed by atoms with Crippen LogP contribution in [0, 0.1) is 29.5 Å². The molecule has 0 bridgehead atoms. The lowest BCUT2D eigenvalue weighted by atomic mass is 9.56. The van der Waals surface area contributed by atoms with Crippen molar-refractivity contribution in [2.75, 3.05) is 26.7 Å². The standard InChI is InChI=1S/C30H50FNO/c1-6-17-30(26-11-9-12-27(31)21-26,28-13-10-14-29(28)33-5)25-15-18-32(19-16-25)22-24(8-3)20-23(4)7-2/h9,11-12,21,23-25,28-29H,6-8,10,13-20,22H2,1-5H3/t23?,24?,28-,29?,30-/m0/s1. The zero-order chi connectivity index (χ0) is 23.8. The van der Waals surface area contributed by atoms with Crippen molar-refractivity contribution < 1.29 is 9.13 Å². The number of nitrogens with zero attached hydrogens (tertiary/aromatic N) is 1. The quantitative estimate of drug-likeness (QED) is 0.315. The van der Waals surface area contributed by atoms with E-state index in [0.717, 1.165) is 31.1 Å². The number of hydrogen-bond acceptors (Lipinski definition) is 2. The Hall–Kier alpha value is -0.930. The van der Waals surface area contributed by atoms with Gasteiger partial charge in [-0.05, 0) is 93.0 Å². The van der Waals surface area contributed by atoms with E-state index in [4.69, 9.17) is 4.74 Å². The molecule has 2 nitrogen and oxygen atoms in total. The van der Waals surface area contributed by atoms with Gasteiger partial charge in [-0.25, -0.2) is 4.39 Å². The summed E-state index contributed by atoms with van der Waals surface area (Å²) in [5, 5.41) is 0. The second-order valence-corrected chi connectivity index (χ2v) is 11.2. The summed E-state index contributed by atoms with van der Waals surface area (Å²) in [6.45, 7) is 13.0. The van der Waals surface area contributed by atoms with E-state index in [1.165, 1.54) is 70.1 Å². The lowest BCUT2D eigenvalue weighted by Gasteiger charge is -2.51. The van der Waals surface area contributed by atoms with Crippen molar-refractivity contribution >= 4 is 0 Å². The fourth-order valence-corrected chi connectivity index (χ4v) is 7.38. The molecule has 3 unspecified atom stereocenters. The third-order valence-corrected chi connectivity index (χ3v) is 9.29. The molecule has 1 saturated heterocycles. The van der Waals surface area contributed by atoms with Gasteiger partial charge in [-0.2, -0.15) is 0 Å². The number of ether oxygens (including phenoxy) is 1. The van der Waals surface area contributed by atoms with Crippen LogP contribution in [0.1, 0.15) is 97.5 Å². The number of halogens is 1. The molecule has 0 radical (unpaired) electrons. The fourth-order valence-electron chi connectivity index (χ4n) is 7.38. The zero-order valence-electron chi connectivity index (χ0n) is 22.1. The third-order valence-electron chi connectivity index (χ3n) is 9.29. The topological polar surface area (TPSA) is 12.5 Å². The molecule has 1 aromatic rings. The molecule has 1 saturated carbocycles. The first-order valence-corrected chi connectivity index (χ1v) is 14.0. The molecular formula is C30H50FNO. The van der Waals surface area contributed by atoms with Crippen LogP contribution in [0.4, 0.5) is 4.39 Å². The predicted octanol–water partition coefficient (Wildman–Crippen LogP) is 7.85. The van der Waals surface area contributed by atoms with E-state index >= 15 is 0 Å². The summed E-state index contributed by atoms with van der Waals surface area (Å²) in [7, 11) is 1.88. The summed E-state index contributed by atoms with van der Waals surface area (Å²) in [6.07, 6.45) is 12.5. The Bertz CT molecular complexity index is 700. The van der Waals surface area contributed by atoms with E-state index in [1.54, 1.807) is 6.07 Å². The number of hydrogen-bond donors (Lipinski definition) is 0. The molecule has 33 heavy (non-hydrogen) atoms. The van der Waals surface area contributed by atoms with Crippen LogP contribution in [0.5, 0.6) is 0 Å². The fraction of sp³-hybridized carbons (Fsp3) is 0.800. The summed E-state index contributed by atoms with van der Waals surface area (Å²) in [4.78, 5) is 2.73. The first kappa shape index (κ1) is 26.7. The Kier molecular flexibility index (Phi) is 10.2. The van der Waals surface area contributed by atoms with Crippen molar-refractivity contribution in [1.29, 1.82) is 0 Å². The minimum absolute atomic E-state index is 0.0288. The van der Waals surface area contributed by atoms with E-state index in [-0.39, 0.29) is 11.2 Å². The highest BCUT2D eigenvalue weighted by atomic mass is 19.1. The molecule has 1 heterocycles. The Morgan fingerprint density at radius 3 is 2.45 bits per heavy atom. The molecule has 3 heteroatoms. The van der Waals surface area contributed by atoms with Crippen LogP contribution in [-0.2, 0) is 10.2 Å². The lowest BCUT2D eigenvalue weighted by Crippen LogP contribution is -2.50. The summed E-state index contributed by atoms with van der Waals surface area (Å²) < 4.78 is 20.6. The average molecular weight is 460 g/mol. The summed E-state index contributed by atoms with van der Waals surface area (Å²) in [5.74, 6) is 2.65.